The molecule has 2 rings (SSSR count). The summed E-state index contributed by atoms with van der Waals surface area (Å²) in [6.07, 6.45) is 2.25. The van der Waals surface area contributed by atoms with Crippen LogP contribution in [-0.2, 0) is 14.4 Å². The van der Waals surface area contributed by atoms with Crippen LogP contribution in [0.25, 0.3) is 0 Å². The molecule has 10 heteroatoms. The summed E-state index contributed by atoms with van der Waals surface area (Å²) in [4.78, 5) is 34.7. The van der Waals surface area contributed by atoms with E-state index in [0.717, 1.165) is 12.8 Å². The number of carbonyl (C=O) groups is 3. The predicted molar refractivity (Wildman–Crippen MR) is 108 cm³/mol. The average Bonchev–Trinajstić information content (AvgIpc) is 3.07. The number of unbranched alkanes of at least 4 members (excludes halogenated alkanes) is 1. The van der Waals surface area contributed by atoms with Crippen molar-refractivity contribution >= 4 is 57.3 Å². The third-order valence-electron chi connectivity index (χ3n) is 3.23. The van der Waals surface area contributed by atoms with Crippen LogP contribution < -0.4 is 16.0 Å². The van der Waals surface area contributed by atoms with Crippen molar-refractivity contribution in [2.75, 3.05) is 21.7 Å². The number of amides is 3. The second-order valence-electron chi connectivity index (χ2n) is 5.62. The molecule has 0 radical (unpaired) electrons. The van der Waals surface area contributed by atoms with Crippen LogP contribution in [0.3, 0.4) is 0 Å². The summed E-state index contributed by atoms with van der Waals surface area (Å²) in [5.41, 5.74) is 1.30. The summed E-state index contributed by atoms with van der Waals surface area (Å²) in [7, 11) is 0. The van der Waals surface area contributed by atoms with Crippen LogP contribution in [-0.4, -0.2) is 33.7 Å². The fourth-order valence-electron chi connectivity index (χ4n) is 2.00. The SMILES string of the molecule is CCCCC(=O)Nc1nnc(SCC(=O)Nc2ccc(NC(C)=O)cc2)s1. The standard InChI is InChI=1S/C17H21N5O3S2/c1-3-4-5-14(24)20-16-21-22-17(27-16)26-10-15(25)19-13-8-6-12(7-9-13)18-11(2)23/h6-9H,3-5,10H2,1-2H3,(H,18,23)(H,19,25)(H,20,21,24). The highest BCUT2D eigenvalue weighted by Crippen LogP contribution is 2.25. The smallest absolute Gasteiger partial charge is 0.234 e. The molecule has 1 aromatic carbocycles. The van der Waals surface area contributed by atoms with Gasteiger partial charge < -0.3 is 16.0 Å². The number of thioether (sulfide) groups is 1. The molecule has 0 atom stereocenters. The Morgan fingerprint density at radius 3 is 2.30 bits per heavy atom. The second kappa shape index (κ2) is 10.6. The zero-order valence-electron chi connectivity index (χ0n) is 15.1. The third-order valence-corrected chi connectivity index (χ3v) is 5.20. The number of anilines is 3. The van der Waals surface area contributed by atoms with Crippen molar-refractivity contribution in [3.63, 3.8) is 0 Å². The van der Waals surface area contributed by atoms with E-state index in [0.29, 0.717) is 27.3 Å². The molecular weight excluding hydrogens is 386 g/mol. The topological polar surface area (TPSA) is 113 Å². The van der Waals surface area contributed by atoms with Crippen molar-refractivity contribution in [3.8, 4) is 0 Å². The number of hydrogen-bond donors (Lipinski definition) is 3. The van der Waals surface area contributed by atoms with E-state index in [9.17, 15) is 14.4 Å². The number of benzene rings is 1. The van der Waals surface area contributed by atoms with E-state index in [1.807, 2.05) is 6.92 Å². The molecule has 27 heavy (non-hydrogen) atoms. The minimum absolute atomic E-state index is 0.0787. The number of nitrogens with zero attached hydrogens (tertiary/aromatic N) is 2. The maximum atomic E-state index is 12.0. The van der Waals surface area contributed by atoms with Gasteiger partial charge in [-0.05, 0) is 30.7 Å². The molecular formula is C17H21N5O3S2. The van der Waals surface area contributed by atoms with Crippen molar-refractivity contribution in [2.45, 2.75) is 37.4 Å². The fraction of sp³-hybridized carbons (Fsp3) is 0.353. The monoisotopic (exact) mass is 407 g/mol. The molecule has 0 saturated carbocycles. The Labute approximate surface area is 165 Å². The van der Waals surface area contributed by atoms with E-state index < -0.39 is 0 Å². The Balaban J connectivity index is 1.77. The number of aromatic nitrogens is 2. The average molecular weight is 408 g/mol. The molecule has 0 spiro atoms. The third kappa shape index (κ3) is 7.75. The molecule has 3 amide bonds. The van der Waals surface area contributed by atoms with E-state index in [-0.39, 0.29) is 23.5 Å². The van der Waals surface area contributed by atoms with Crippen LogP contribution in [0.2, 0.25) is 0 Å². The minimum Gasteiger partial charge on any atom is -0.326 e. The normalized spacial score (nSPS) is 10.3. The van der Waals surface area contributed by atoms with Gasteiger partial charge in [0.05, 0.1) is 5.75 Å². The van der Waals surface area contributed by atoms with Crippen LogP contribution in [0.1, 0.15) is 33.1 Å². The van der Waals surface area contributed by atoms with Crippen LogP contribution in [0.5, 0.6) is 0 Å². The summed E-state index contributed by atoms with van der Waals surface area (Å²) >= 11 is 2.49. The van der Waals surface area contributed by atoms with Gasteiger partial charge in [0, 0.05) is 24.7 Å². The summed E-state index contributed by atoms with van der Waals surface area (Å²) in [6, 6.07) is 6.84. The van der Waals surface area contributed by atoms with E-state index in [1.54, 1.807) is 24.3 Å². The minimum atomic E-state index is -0.184. The second-order valence-corrected chi connectivity index (χ2v) is 7.82. The quantitative estimate of drug-likeness (QED) is 0.434. The number of nitrogens with one attached hydrogen (secondary N) is 3. The molecule has 2 aromatic rings. The highest BCUT2D eigenvalue weighted by atomic mass is 32.2. The van der Waals surface area contributed by atoms with Crippen LogP contribution >= 0.6 is 23.1 Å². The lowest BCUT2D eigenvalue weighted by molar-refractivity contribution is -0.116. The Hall–Kier alpha value is -2.46. The van der Waals surface area contributed by atoms with E-state index in [2.05, 4.69) is 26.1 Å². The van der Waals surface area contributed by atoms with Gasteiger partial charge in [-0.1, -0.05) is 36.4 Å². The molecule has 0 saturated heterocycles. The highest BCUT2D eigenvalue weighted by Gasteiger charge is 2.10. The van der Waals surface area contributed by atoms with Crippen LogP contribution in [0.4, 0.5) is 16.5 Å². The fourth-order valence-corrected chi connectivity index (χ4v) is 3.57. The van der Waals surface area contributed by atoms with Gasteiger partial charge in [-0.3, -0.25) is 14.4 Å². The Morgan fingerprint density at radius 2 is 1.67 bits per heavy atom. The number of rotatable bonds is 9. The maximum absolute atomic E-state index is 12.0. The molecule has 0 fully saturated rings. The zero-order valence-corrected chi connectivity index (χ0v) is 16.7. The zero-order chi connectivity index (χ0) is 19.6. The first kappa shape index (κ1) is 20.8. The Kier molecular flexibility index (Phi) is 8.21. The van der Waals surface area contributed by atoms with Gasteiger partial charge in [0.1, 0.15) is 0 Å². The molecule has 3 N–H and O–H groups in total. The lowest BCUT2D eigenvalue weighted by atomic mass is 10.2. The van der Waals surface area contributed by atoms with Crippen molar-refractivity contribution < 1.29 is 14.4 Å². The van der Waals surface area contributed by atoms with Crippen molar-refractivity contribution in [1.29, 1.82) is 0 Å². The first-order valence-electron chi connectivity index (χ1n) is 8.40. The summed E-state index contributed by atoms with van der Waals surface area (Å²) in [5, 5.41) is 16.4. The van der Waals surface area contributed by atoms with Gasteiger partial charge in [0.25, 0.3) is 0 Å². The molecule has 8 nitrogen and oxygen atoms in total. The predicted octanol–water partition coefficient (Wildman–Crippen LogP) is 3.36. The Bertz CT molecular complexity index is 792. The van der Waals surface area contributed by atoms with Crippen LogP contribution in [0, 0.1) is 0 Å². The molecule has 0 unspecified atom stereocenters. The van der Waals surface area contributed by atoms with Crippen molar-refractivity contribution in [2.24, 2.45) is 0 Å². The first-order chi connectivity index (χ1) is 13.0. The van der Waals surface area contributed by atoms with Gasteiger partial charge in [-0.2, -0.15) is 0 Å². The van der Waals surface area contributed by atoms with Crippen molar-refractivity contribution in [1.82, 2.24) is 10.2 Å². The van der Waals surface area contributed by atoms with Gasteiger partial charge in [-0.15, -0.1) is 10.2 Å². The van der Waals surface area contributed by atoms with E-state index >= 15 is 0 Å². The van der Waals surface area contributed by atoms with E-state index in [4.69, 9.17) is 0 Å². The van der Waals surface area contributed by atoms with E-state index in [1.165, 1.54) is 30.0 Å². The number of carbonyl (C=O) groups excluding carboxylic acids is 3. The summed E-state index contributed by atoms with van der Waals surface area (Å²) in [5.74, 6) is -0.242. The lowest BCUT2D eigenvalue weighted by Gasteiger charge is -2.06. The van der Waals surface area contributed by atoms with Crippen molar-refractivity contribution in [3.05, 3.63) is 24.3 Å². The first-order valence-corrected chi connectivity index (χ1v) is 10.2. The Morgan fingerprint density at radius 1 is 1.00 bits per heavy atom. The largest absolute Gasteiger partial charge is 0.326 e. The summed E-state index contributed by atoms with van der Waals surface area (Å²) in [6.45, 7) is 3.46. The molecule has 1 heterocycles. The molecule has 0 aliphatic rings. The lowest BCUT2D eigenvalue weighted by Crippen LogP contribution is -2.14. The maximum Gasteiger partial charge on any atom is 0.234 e. The van der Waals surface area contributed by atoms with Gasteiger partial charge in [0.2, 0.25) is 22.9 Å². The number of hydrogen-bond acceptors (Lipinski definition) is 7. The summed E-state index contributed by atoms with van der Waals surface area (Å²) < 4.78 is 0.608. The highest BCUT2D eigenvalue weighted by molar-refractivity contribution is 8.01. The van der Waals surface area contributed by atoms with Gasteiger partial charge in [-0.25, -0.2) is 0 Å². The molecule has 144 valence electrons. The van der Waals surface area contributed by atoms with Gasteiger partial charge in [0.15, 0.2) is 4.34 Å². The van der Waals surface area contributed by atoms with Gasteiger partial charge >= 0.3 is 0 Å². The molecule has 0 aliphatic carbocycles. The van der Waals surface area contributed by atoms with Crippen LogP contribution in [0.15, 0.2) is 28.6 Å². The molecule has 1 aromatic heterocycles. The molecule has 0 bridgehead atoms. The molecule has 0 aliphatic heterocycles.